The lowest BCUT2D eigenvalue weighted by Gasteiger charge is -2.16. The van der Waals surface area contributed by atoms with Crippen LogP contribution in [0.15, 0.2) is 42.5 Å². The average Bonchev–Trinajstić information content (AvgIpc) is 2.67. The molecule has 1 amide bonds. The second-order valence-corrected chi connectivity index (χ2v) is 5.30. The molecule has 0 heterocycles. The van der Waals surface area contributed by atoms with Gasteiger partial charge in [-0.05, 0) is 37.3 Å². The summed E-state index contributed by atoms with van der Waals surface area (Å²) >= 11 is 0. The molecule has 138 valence electrons. The van der Waals surface area contributed by atoms with Crippen LogP contribution in [0.4, 0.5) is 5.69 Å². The number of anilines is 1. The molecule has 0 saturated heterocycles. The van der Waals surface area contributed by atoms with Crippen molar-refractivity contribution in [2.24, 2.45) is 0 Å². The van der Waals surface area contributed by atoms with Gasteiger partial charge in [-0.1, -0.05) is 12.1 Å². The van der Waals surface area contributed by atoms with Gasteiger partial charge in [0.1, 0.15) is 22.8 Å². The number of hydrogen-bond donors (Lipinski definition) is 1. The Morgan fingerprint density at radius 2 is 1.62 bits per heavy atom. The van der Waals surface area contributed by atoms with Crippen LogP contribution < -0.4 is 19.5 Å². The molecule has 0 aliphatic heterocycles. The van der Waals surface area contributed by atoms with Gasteiger partial charge >= 0.3 is 5.97 Å². The molecule has 0 radical (unpaired) electrons. The van der Waals surface area contributed by atoms with Crippen LogP contribution in [-0.2, 0) is 9.53 Å². The number of carbonyl (C=O) groups is 2. The Kier molecular flexibility index (Phi) is 6.43. The highest BCUT2D eigenvalue weighted by atomic mass is 16.5. The third-order valence-electron chi connectivity index (χ3n) is 3.64. The number of benzene rings is 2. The Bertz CT molecular complexity index is 789. The second-order valence-electron chi connectivity index (χ2n) is 5.30. The summed E-state index contributed by atoms with van der Waals surface area (Å²) in [7, 11) is 4.43. The molecule has 0 saturated carbocycles. The predicted octanol–water partition coefficient (Wildman–Crippen LogP) is 2.90. The van der Waals surface area contributed by atoms with E-state index in [4.69, 9.17) is 18.9 Å². The highest BCUT2D eigenvalue weighted by Crippen LogP contribution is 2.26. The molecule has 0 aliphatic rings. The first-order valence-electron chi connectivity index (χ1n) is 7.87. The highest BCUT2D eigenvalue weighted by molar-refractivity contribution is 5.99. The van der Waals surface area contributed by atoms with E-state index in [0.29, 0.717) is 22.9 Å². The van der Waals surface area contributed by atoms with Crippen molar-refractivity contribution in [2.45, 2.75) is 13.0 Å². The summed E-state index contributed by atoms with van der Waals surface area (Å²) in [5.41, 5.74) is 0.658. The van der Waals surface area contributed by atoms with Crippen molar-refractivity contribution in [1.82, 2.24) is 0 Å². The third-order valence-corrected chi connectivity index (χ3v) is 3.64. The molecular weight excluding hydrogens is 338 g/mol. The maximum Gasteiger partial charge on any atom is 0.342 e. The zero-order valence-electron chi connectivity index (χ0n) is 15.1. The van der Waals surface area contributed by atoms with E-state index in [1.807, 2.05) is 0 Å². The van der Waals surface area contributed by atoms with Crippen molar-refractivity contribution in [3.05, 3.63) is 48.0 Å². The Hall–Kier alpha value is -3.22. The lowest BCUT2D eigenvalue weighted by Crippen LogP contribution is -2.30. The Morgan fingerprint density at radius 3 is 2.27 bits per heavy atom. The molecular formula is C19H21NO6. The third kappa shape index (κ3) is 4.44. The molecule has 26 heavy (non-hydrogen) atoms. The molecule has 0 fully saturated rings. The van der Waals surface area contributed by atoms with E-state index in [9.17, 15) is 9.59 Å². The van der Waals surface area contributed by atoms with Crippen LogP contribution in [0.3, 0.4) is 0 Å². The number of esters is 1. The zero-order chi connectivity index (χ0) is 19.1. The summed E-state index contributed by atoms with van der Waals surface area (Å²) in [4.78, 5) is 24.7. The minimum atomic E-state index is -1.02. The summed E-state index contributed by atoms with van der Waals surface area (Å²) in [6.07, 6.45) is -1.02. The number of carbonyl (C=O) groups excluding carboxylic acids is 2. The lowest BCUT2D eigenvalue weighted by molar-refractivity contribution is -0.123. The number of para-hydroxylation sites is 2. The quantitative estimate of drug-likeness (QED) is 0.766. The predicted molar refractivity (Wildman–Crippen MR) is 96.0 cm³/mol. The standard InChI is InChI=1S/C19H21NO6/c1-12(18(21)20-15-7-5-6-8-17(15)25-4)26-19(22)14-11-13(23-2)9-10-16(14)24-3/h5-12H,1-4H3,(H,20,21)/t12-/m0/s1. The fourth-order valence-electron chi connectivity index (χ4n) is 2.23. The minimum absolute atomic E-state index is 0.170. The minimum Gasteiger partial charge on any atom is -0.497 e. The van der Waals surface area contributed by atoms with Gasteiger partial charge in [0, 0.05) is 0 Å². The maximum absolute atomic E-state index is 12.4. The molecule has 0 unspecified atom stereocenters. The molecule has 0 aliphatic carbocycles. The monoisotopic (exact) mass is 359 g/mol. The number of amides is 1. The zero-order valence-corrected chi connectivity index (χ0v) is 15.1. The Labute approximate surface area is 151 Å². The Morgan fingerprint density at radius 1 is 0.923 bits per heavy atom. The van der Waals surface area contributed by atoms with Crippen LogP contribution in [0.1, 0.15) is 17.3 Å². The van der Waals surface area contributed by atoms with Gasteiger partial charge in [-0.25, -0.2) is 4.79 Å². The molecule has 2 rings (SSSR count). The molecule has 1 N–H and O–H groups in total. The van der Waals surface area contributed by atoms with E-state index in [1.54, 1.807) is 36.4 Å². The first kappa shape index (κ1) is 19.1. The van der Waals surface area contributed by atoms with Crippen LogP contribution in [0, 0.1) is 0 Å². The van der Waals surface area contributed by atoms with Crippen molar-refractivity contribution in [1.29, 1.82) is 0 Å². The molecule has 0 aromatic heterocycles. The van der Waals surface area contributed by atoms with E-state index in [1.165, 1.54) is 34.3 Å². The largest absolute Gasteiger partial charge is 0.497 e. The van der Waals surface area contributed by atoms with Crippen molar-refractivity contribution in [2.75, 3.05) is 26.6 Å². The molecule has 0 bridgehead atoms. The molecule has 1 atom stereocenters. The summed E-state index contributed by atoms with van der Waals surface area (Å²) in [5.74, 6) is 0.138. The number of nitrogens with one attached hydrogen (secondary N) is 1. The fraction of sp³-hybridized carbons (Fsp3) is 0.263. The summed E-state index contributed by atoms with van der Waals surface area (Å²) in [5, 5.41) is 2.67. The molecule has 7 heteroatoms. The maximum atomic E-state index is 12.4. The SMILES string of the molecule is COc1ccc(OC)c(C(=O)O[C@@H](C)C(=O)Nc2ccccc2OC)c1. The first-order valence-corrected chi connectivity index (χ1v) is 7.87. The van der Waals surface area contributed by atoms with Crippen molar-refractivity contribution < 1.29 is 28.5 Å². The van der Waals surface area contributed by atoms with E-state index in [-0.39, 0.29) is 5.56 Å². The number of ether oxygens (including phenoxy) is 4. The fourth-order valence-corrected chi connectivity index (χ4v) is 2.23. The number of methoxy groups -OCH3 is 3. The van der Waals surface area contributed by atoms with Crippen LogP contribution in [0.5, 0.6) is 17.2 Å². The molecule has 0 spiro atoms. The van der Waals surface area contributed by atoms with Gasteiger partial charge < -0.3 is 24.3 Å². The topological polar surface area (TPSA) is 83.1 Å². The van der Waals surface area contributed by atoms with E-state index < -0.39 is 18.0 Å². The summed E-state index contributed by atoms with van der Waals surface area (Å²) < 4.78 is 20.7. The molecule has 2 aromatic carbocycles. The van der Waals surface area contributed by atoms with Crippen LogP contribution in [0.2, 0.25) is 0 Å². The van der Waals surface area contributed by atoms with E-state index in [0.717, 1.165) is 0 Å². The van der Waals surface area contributed by atoms with Gasteiger partial charge in [0.05, 0.1) is 27.0 Å². The first-order chi connectivity index (χ1) is 12.5. The van der Waals surface area contributed by atoms with E-state index >= 15 is 0 Å². The van der Waals surface area contributed by atoms with Gasteiger partial charge in [0.15, 0.2) is 6.10 Å². The summed E-state index contributed by atoms with van der Waals surface area (Å²) in [6, 6.07) is 11.7. The van der Waals surface area contributed by atoms with Crippen molar-refractivity contribution >= 4 is 17.6 Å². The molecule has 7 nitrogen and oxygen atoms in total. The smallest absolute Gasteiger partial charge is 0.342 e. The van der Waals surface area contributed by atoms with Crippen molar-refractivity contribution in [3.63, 3.8) is 0 Å². The van der Waals surface area contributed by atoms with Crippen molar-refractivity contribution in [3.8, 4) is 17.2 Å². The van der Waals surface area contributed by atoms with Gasteiger partial charge in [-0.15, -0.1) is 0 Å². The average molecular weight is 359 g/mol. The highest BCUT2D eigenvalue weighted by Gasteiger charge is 2.22. The number of rotatable bonds is 7. The van der Waals surface area contributed by atoms with Crippen LogP contribution in [-0.4, -0.2) is 39.3 Å². The van der Waals surface area contributed by atoms with Gasteiger partial charge in [0.25, 0.3) is 5.91 Å². The van der Waals surface area contributed by atoms with E-state index in [2.05, 4.69) is 5.32 Å². The summed E-state index contributed by atoms with van der Waals surface area (Å²) in [6.45, 7) is 1.48. The Balaban J connectivity index is 2.10. The lowest BCUT2D eigenvalue weighted by atomic mass is 10.2. The molecule has 2 aromatic rings. The van der Waals surface area contributed by atoms with Crippen LogP contribution >= 0.6 is 0 Å². The second kappa shape index (κ2) is 8.75. The normalized spacial score (nSPS) is 11.2. The number of hydrogen-bond acceptors (Lipinski definition) is 6. The van der Waals surface area contributed by atoms with Gasteiger partial charge in [-0.2, -0.15) is 0 Å². The van der Waals surface area contributed by atoms with Gasteiger partial charge in [0.2, 0.25) is 0 Å². The van der Waals surface area contributed by atoms with Crippen LogP contribution in [0.25, 0.3) is 0 Å². The van der Waals surface area contributed by atoms with Gasteiger partial charge in [-0.3, -0.25) is 4.79 Å².